The SMILES string of the molecule is O=C1N=C(N2CCCCCC2)SC1=C1C(=O)N(Cc2ccccc2Cl)c2ccccc21. The zero-order valence-electron chi connectivity index (χ0n) is 17.0. The van der Waals surface area contributed by atoms with Gasteiger partial charge in [0.1, 0.15) is 0 Å². The van der Waals surface area contributed by atoms with Crippen molar-refractivity contribution in [2.75, 3.05) is 18.0 Å². The van der Waals surface area contributed by atoms with Gasteiger partial charge >= 0.3 is 0 Å². The molecule has 2 aromatic carbocycles. The van der Waals surface area contributed by atoms with E-state index in [-0.39, 0.29) is 11.8 Å². The van der Waals surface area contributed by atoms with Gasteiger partial charge in [-0.15, -0.1) is 0 Å². The van der Waals surface area contributed by atoms with Crippen LogP contribution in [0.4, 0.5) is 5.69 Å². The highest BCUT2D eigenvalue weighted by Crippen LogP contribution is 2.44. The van der Waals surface area contributed by atoms with Gasteiger partial charge in [0.05, 0.1) is 22.7 Å². The van der Waals surface area contributed by atoms with E-state index in [4.69, 9.17) is 11.6 Å². The molecule has 1 fully saturated rings. The van der Waals surface area contributed by atoms with E-state index in [1.165, 1.54) is 24.6 Å². The van der Waals surface area contributed by atoms with Crippen LogP contribution in [0.2, 0.25) is 5.02 Å². The van der Waals surface area contributed by atoms with Crippen molar-refractivity contribution < 1.29 is 9.59 Å². The van der Waals surface area contributed by atoms with Crippen molar-refractivity contribution in [2.24, 2.45) is 4.99 Å². The summed E-state index contributed by atoms with van der Waals surface area (Å²) in [6, 6.07) is 15.1. The summed E-state index contributed by atoms with van der Waals surface area (Å²) in [6.45, 7) is 2.17. The summed E-state index contributed by atoms with van der Waals surface area (Å²) >= 11 is 7.69. The van der Waals surface area contributed by atoms with Gasteiger partial charge in [-0.2, -0.15) is 4.99 Å². The first kappa shape index (κ1) is 20.3. The largest absolute Gasteiger partial charge is 0.351 e. The average molecular weight is 452 g/mol. The van der Waals surface area contributed by atoms with E-state index >= 15 is 0 Å². The fourth-order valence-corrected chi connectivity index (χ4v) is 5.55. The number of aliphatic imine (C=N–C) groups is 1. The van der Waals surface area contributed by atoms with E-state index in [2.05, 4.69) is 9.89 Å². The van der Waals surface area contributed by atoms with Crippen LogP contribution in [0, 0.1) is 0 Å². The fourth-order valence-electron chi connectivity index (χ4n) is 4.30. The van der Waals surface area contributed by atoms with Gasteiger partial charge in [0.2, 0.25) is 0 Å². The van der Waals surface area contributed by atoms with Gasteiger partial charge in [-0.1, -0.05) is 60.8 Å². The first-order chi connectivity index (χ1) is 15.1. The number of anilines is 1. The molecular weight excluding hydrogens is 430 g/mol. The highest BCUT2D eigenvalue weighted by atomic mass is 35.5. The lowest BCUT2D eigenvalue weighted by Gasteiger charge is -2.20. The van der Waals surface area contributed by atoms with Crippen LogP contribution in [0.1, 0.15) is 36.8 Å². The summed E-state index contributed by atoms with van der Waals surface area (Å²) in [5.41, 5.74) is 2.89. The molecule has 0 aliphatic carbocycles. The summed E-state index contributed by atoms with van der Waals surface area (Å²) in [5.74, 6) is -0.494. The van der Waals surface area contributed by atoms with Crippen LogP contribution >= 0.6 is 23.4 Å². The number of fused-ring (bicyclic) bond motifs is 1. The number of hydrogen-bond donors (Lipinski definition) is 0. The molecule has 0 unspecified atom stereocenters. The Kier molecular flexibility index (Phi) is 5.59. The van der Waals surface area contributed by atoms with Crippen LogP contribution in [0.15, 0.2) is 58.4 Å². The van der Waals surface area contributed by atoms with Crippen LogP contribution in [-0.2, 0) is 16.1 Å². The number of hydrogen-bond acceptors (Lipinski definition) is 4. The number of amidine groups is 1. The molecule has 0 radical (unpaired) electrons. The zero-order chi connectivity index (χ0) is 21.4. The normalized spacial score (nSPS) is 21.4. The van der Waals surface area contributed by atoms with Crippen LogP contribution in [0.25, 0.3) is 5.57 Å². The third-order valence-corrected chi connectivity index (χ3v) is 7.38. The number of thioether (sulfide) groups is 1. The molecule has 0 N–H and O–H groups in total. The topological polar surface area (TPSA) is 53.0 Å². The number of rotatable bonds is 2. The monoisotopic (exact) mass is 451 g/mol. The molecule has 2 amide bonds. The van der Waals surface area contributed by atoms with Crippen LogP contribution in [0.5, 0.6) is 0 Å². The zero-order valence-corrected chi connectivity index (χ0v) is 18.6. The molecule has 0 spiro atoms. The molecule has 7 heteroatoms. The van der Waals surface area contributed by atoms with Crippen molar-refractivity contribution in [1.29, 1.82) is 0 Å². The second kappa shape index (κ2) is 8.52. The minimum absolute atomic E-state index is 0.177. The number of halogens is 1. The third-order valence-electron chi connectivity index (χ3n) is 5.90. The summed E-state index contributed by atoms with van der Waals surface area (Å²) in [4.78, 5) is 35.1. The molecular formula is C24H22ClN3O2S. The molecule has 5 rings (SSSR count). The third kappa shape index (κ3) is 3.79. The lowest BCUT2D eigenvalue weighted by Crippen LogP contribution is -2.28. The highest BCUT2D eigenvalue weighted by Gasteiger charge is 2.39. The summed E-state index contributed by atoms with van der Waals surface area (Å²) in [6.07, 6.45) is 4.62. The Bertz CT molecular complexity index is 1120. The molecule has 0 saturated carbocycles. The summed E-state index contributed by atoms with van der Waals surface area (Å²) in [7, 11) is 0. The molecule has 5 nitrogen and oxygen atoms in total. The first-order valence-corrected chi connectivity index (χ1v) is 11.8. The molecule has 2 aromatic rings. The maximum atomic E-state index is 13.5. The van der Waals surface area contributed by atoms with E-state index in [0.29, 0.717) is 22.0 Å². The molecule has 3 heterocycles. The number of carbonyl (C=O) groups excluding carboxylic acids is 2. The second-order valence-electron chi connectivity index (χ2n) is 7.91. The van der Waals surface area contributed by atoms with Gasteiger partial charge in [-0.25, -0.2) is 0 Å². The van der Waals surface area contributed by atoms with Gasteiger partial charge in [0.15, 0.2) is 5.17 Å². The predicted octanol–water partition coefficient (Wildman–Crippen LogP) is 5.10. The summed E-state index contributed by atoms with van der Waals surface area (Å²) in [5, 5.41) is 1.34. The van der Waals surface area contributed by atoms with E-state index in [1.807, 2.05) is 48.5 Å². The van der Waals surface area contributed by atoms with E-state index in [0.717, 1.165) is 47.9 Å². The number of nitrogens with zero attached hydrogens (tertiary/aromatic N) is 3. The van der Waals surface area contributed by atoms with E-state index in [1.54, 1.807) is 4.90 Å². The first-order valence-electron chi connectivity index (χ1n) is 10.6. The Hall–Kier alpha value is -2.57. The molecule has 1 saturated heterocycles. The fraction of sp³-hybridized carbons (Fsp3) is 0.292. The number of carbonyl (C=O) groups is 2. The van der Waals surface area contributed by atoms with E-state index in [9.17, 15) is 9.59 Å². The van der Waals surface area contributed by atoms with Crippen LogP contribution < -0.4 is 4.90 Å². The molecule has 31 heavy (non-hydrogen) atoms. The molecule has 0 bridgehead atoms. The quantitative estimate of drug-likeness (QED) is 0.596. The molecule has 0 aromatic heterocycles. The van der Waals surface area contributed by atoms with Crippen LogP contribution in [0.3, 0.4) is 0 Å². The maximum absolute atomic E-state index is 13.5. The number of para-hydroxylation sites is 1. The second-order valence-corrected chi connectivity index (χ2v) is 9.29. The lowest BCUT2D eigenvalue weighted by molar-refractivity contribution is -0.115. The van der Waals surface area contributed by atoms with Gasteiger partial charge < -0.3 is 9.80 Å². The average Bonchev–Trinajstić information content (AvgIpc) is 3.13. The number of likely N-dealkylation sites (tertiary alicyclic amines) is 1. The molecule has 0 atom stereocenters. The Morgan fingerprint density at radius 3 is 2.42 bits per heavy atom. The Balaban J connectivity index is 1.50. The predicted molar refractivity (Wildman–Crippen MR) is 126 cm³/mol. The minimum atomic E-state index is -0.318. The standard InChI is InChI=1S/C24H22ClN3O2S/c25-18-11-5-3-9-16(18)15-28-19-12-6-4-10-17(19)20(23(28)30)21-22(29)26-24(31-21)27-13-7-1-2-8-14-27/h3-6,9-12H,1-2,7-8,13-15H2. The summed E-state index contributed by atoms with van der Waals surface area (Å²) < 4.78 is 0. The van der Waals surface area contributed by atoms with Gasteiger partial charge in [0, 0.05) is 23.7 Å². The Labute approximate surface area is 190 Å². The van der Waals surface area contributed by atoms with Crippen molar-refractivity contribution in [3.8, 4) is 0 Å². The number of amides is 2. The van der Waals surface area contributed by atoms with Crippen molar-refractivity contribution >= 4 is 51.6 Å². The van der Waals surface area contributed by atoms with Crippen LogP contribution in [-0.4, -0.2) is 35.0 Å². The van der Waals surface area contributed by atoms with Crippen molar-refractivity contribution in [3.63, 3.8) is 0 Å². The van der Waals surface area contributed by atoms with Gasteiger partial charge in [-0.05, 0) is 42.3 Å². The van der Waals surface area contributed by atoms with Crippen molar-refractivity contribution in [3.05, 3.63) is 69.6 Å². The smallest absolute Gasteiger partial charge is 0.287 e. The van der Waals surface area contributed by atoms with Crippen molar-refractivity contribution in [2.45, 2.75) is 32.2 Å². The molecule has 3 aliphatic rings. The van der Waals surface area contributed by atoms with Gasteiger partial charge in [0.25, 0.3) is 11.8 Å². The highest BCUT2D eigenvalue weighted by molar-refractivity contribution is 8.18. The Morgan fingerprint density at radius 1 is 0.935 bits per heavy atom. The lowest BCUT2D eigenvalue weighted by atomic mass is 10.1. The van der Waals surface area contributed by atoms with Crippen molar-refractivity contribution in [1.82, 2.24) is 4.90 Å². The number of benzene rings is 2. The minimum Gasteiger partial charge on any atom is -0.351 e. The Morgan fingerprint density at radius 2 is 1.65 bits per heavy atom. The maximum Gasteiger partial charge on any atom is 0.287 e. The van der Waals surface area contributed by atoms with E-state index < -0.39 is 0 Å². The van der Waals surface area contributed by atoms with Gasteiger partial charge in [-0.3, -0.25) is 9.59 Å². The molecule has 158 valence electrons. The molecule has 3 aliphatic heterocycles.